The van der Waals surface area contributed by atoms with E-state index in [9.17, 15) is 22.8 Å². The van der Waals surface area contributed by atoms with Gasteiger partial charge in [0.2, 0.25) is 5.91 Å². The van der Waals surface area contributed by atoms with Gasteiger partial charge in [-0.2, -0.15) is 13.2 Å². The Morgan fingerprint density at radius 1 is 1.37 bits per heavy atom. The molecular weight excluding hydrogens is 387 g/mol. The summed E-state index contributed by atoms with van der Waals surface area (Å²) in [6, 6.07) is 3.61. The van der Waals surface area contributed by atoms with Crippen LogP contribution in [-0.4, -0.2) is 54.6 Å². The van der Waals surface area contributed by atoms with Crippen LogP contribution < -0.4 is 10.6 Å². The molecule has 0 aromatic heterocycles. The minimum absolute atomic E-state index is 0.183. The van der Waals surface area contributed by atoms with Gasteiger partial charge in [-0.25, -0.2) is 4.42 Å². The summed E-state index contributed by atoms with van der Waals surface area (Å²) in [5.41, 5.74) is -1.21. The van der Waals surface area contributed by atoms with E-state index in [0.717, 1.165) is 18.6 Å². The highest BCUT2D eigenvalue weighted by Crippen LogP contribution is 2.29. The molecule has 1 heterocycles. The summed E-state index contributed by atoms with van der Waals surface area (Å²) in [6.07, 6.45) is -3.91. The maximum atomic E-state index is 12.8. The van der Waals surface area contributed by atoms with Crippen LogP contribution in [0.1, 0.15) is 29.3 Å². The molecule has 0 aliphatic carbocycles. The summed E-state index contributed by atoms with van der Waals surface area (Å²) in [6.45, 7) is 3.16. The molecule has 1 aliphatic rings. The molecule has 27 heavy (non-hydrogen) atoms. The summed E-state index contributed by atoms with van der Waals surface area (Å²) >= 11 is 5.83. The number of amides is 2. The van der Waals surface area contributed by atoms with Crippen LogP contribution in [0.5, 0.6) is 0 Å². The molecule has 2 amide bonds. The highest BCUT2D eigenvalue weighted by atomic mass is 35.5. The smallest absolute Gasteiger partial charge is 0.375 e. The van der Waals surface area contributed by atoms with Gasteiger partial charge in [0.1, 0.15) is 6.54 Å². The number of alkyl halides is 3. The quantitative estimate of drug-likeness (QED) is 0.680. The summed E-state index contributed by atoms with van der Waals surface area (Å²) in [4.78, 5) is 24.3. The molecule has 1 saturated heterocycles. The van der Waals surface area contributed by atoms with E-state index in [0.29, 0.717) is 30.2 Å². The number of halogens is 4. The van der Waals surface area contributed by atoms with Crippen molar-refractivity contribution in [2.75, 3.05) is 26.2 Å². The predicted molar refractivity (Wildman–Crippen MR) is 93.2 cm³/mol. The van der Waals surface area contributed by atoms with Gasteiger partial charge in [0.15, 0.2) is 0 Å². The van der Waals surface area contributed by atoms with Crippen LogP contribution in [0.15, 0.2) is 24.3 Å². The van der Waals surface area contributed by atoms with E-state index >= 15 is 0 Å². The summed E-state index contributed by atoms with van der Waals surface area (Å²) < 4.78 is 44.5. The molecule has 1 aliphatic heterocycles. The summed E-state index contributed by atoms with van der Waals surface area (Å²) in [5.74, 6) is -1.41. The number of nitrogens with zero attached hydrogens (tertiary/aromatic N) is 1. The standard InChI is InChI=1S/C17H21ClF3N3O3/c1-2-6-27-14-9-22-8-13(14)23-15(25)10-24(18)16(26)11-4-3-5-12(7-11)17(19,20)21/h3-5,7,13-14,22H,2,6,8-10H2,1H3,(H,23,25). The Bertz CT molecular complexity index is 672. The third-order valence-electron chi connectivity index (χ3n) is 3.98. The van der Waals surface area contributed by atoms with Gasteiger partial charge in [0.25, 0.3) is 5.91 Å². The fraction of sp³-hybridized carbons (Fsp3) is 0.529. The van der Waals surface area contributed by atoms with Gasteiger partial charge in [-0.05, 0) is 24.6 Å². The van der Waals surface area contributed by atoms with Crippen molar-refractivity contribution in [3.8, 4) is 0 Å². The second-order valence-electron chi connectivity index (χ2n) is 6.15. The van der Waals surface area contributed by atoms with Gasteiger partial charge in [-0.15, -0.1) is 0 Å². The second-order valence-corrected chi connectivity index (χ2v) is 6.55. The topological polar surface area (TPSA) is 70.7 Å². The van der Waals surface area contributed by atoms with Gasteiger partial charge in [0, 0.05) is 37.0 Å². The Morgan fingerprint density at radius 2 is 2.11 bits per heavy atom. The molecule has 2 rings (SSSR count). The van der Waals surface area contributed by atoms with E-state index in [1.54, 1.807) is 0 Å². The molecule has 1 aromatic carbocycles. The number of hydrogen-bond donors (Lipinski definition) is 2. The Labute approximate surface area is 160 Å². The van der Waals surface area contributed by atoms with Crippen molar-refractivity contribution in [2.24, 2.45) is 0 Å². The lowest BCUT2D eigenvalue weighted by Crippen LogP contribution is -2.47. The fourth-order valence-electron chi connectivity index (χ4n) is 2.66. The van der Waals surface area contributed by atoms with Crippen LogP contribution >= 0.6 is 11.8 Å². The molecule has 0 bridgehead atoms. The fourth-order valence-corrected chi connectivity index (χ4v) is 2.87. The molecule has 1 fully saturated rings. The van der Waals surface area contributed by atoms with Crippen molar-refractivity contribution in [1.82, 2.24) is 15.1 Å². The molecule has 2 N–H and O–H groups in total. The maximum Gasteiger partial charge on any atom is 0.416 e. The van der Waals surface area contributed by atoms with Gasteiger partial charge >= 0.3 is 6.18 Å². The zero-order valence-corrected chi connectivity index (χ0v) is 15.4. The Morgan fingerprint density at radius 3 is 2.78 bits per heavy atom. The van der Waals surface area contributed by atoms with E-state index in [-0.39, 0.29) is 17.7 Å². The molecule has 6 nitrogen and oxygen atoms in total. The van der Waals surface area contributed by atoms with E-state index < -0.39 is 30.1 Å². The van der Waals surface area contributed by atoms with Crippen LogP contribution in [-0.2, 0) is 15.7 Å². The number of ether oxygens (including phenoxy) is 1. The first kappa shape index (κ1) is 21.5. The molecule has 2 atom stereocenters. The number of nitrogens with one attached hydrogen (secondary N) is 2. The first-order chi connectivity index (χ1) is 12.7. The third kappa shape index (κ3) is 6.08. The first-order valence-corrected chi connectivity index (χ1v) is 8.82. The maximum absolute atomic E-state index is 12.8. The summed E-state index contributed by atoms with van der Waals surface area (Å²) in [5, 5.41) is 5.83. The van der Waals surface area contributed by atoms with E-state index in [1.165, 1.54) is 6.07 Å². The molecule has 0 saturated carbocycles. The normalized spacial score (nSPS) is 19.7. The van der Waals surface area contributed by atoms with Crippen molar-refractivity contribution in [3.05, 3.63) is 35.4 Å². The minimum Gasteiger partial charge on any atom is -0.375 e. The molecular formula is C17H21ClF3N3O3. The average molecular weight is 408 g/mol. The molecule has 150 valence electrons. The number of carbonyl (C=O) groups excluding carboxylic acids is 2. The zero-order valence-electron chi connectivity index (χ0n) is 14.7. The number of hydrogen-bond acceptors (Lipinski definition) is 4. The van der Waals surface area contributed by atoms with Crippen molar-refractivity contribution in [3.63, 3.8) is 0 Å². The highest BCUT2D eigenvalue weighted by molar-refractivity contribution is 6.25. The molecule has 0 radical (unpaired) electrons. The Balaban J connectivity index is 1.93. The third-order valence-corrected chi connectivity index (χ3v) is 4.25. The molecule has 1 aromatic rings. The lowest BCUT2D eigenvalue weighted by Gasteiger charge is -2.21. The monoisotopic (exact) mass is 407 g/mol. The minimum atomic E-state index is -4.58. The molecule has 2 unspecified atom stereocenters. The van der Waals surface area contributed by atoms with Crippen LogP contribution in [0.4, 0.5) is 13.2 Å². The number of benzene rings is 1. The lowest BCUT2D eigenvalue weighted by molar-refractivity contribution is -0.137. The lowest BCUT2D eigenvalue weighted by atomic mass is 10.1. The SMILES string of the molecule is CCCOC1CNCC1NC(=O)CN(Cl)C(=O)c1cccc(C(F)(F)F)c1. The molecule has 10 heteroatoms. The van der Waals surface area contributed by atoms with E-state index in [4.69, 9.17) is 16.5 Å². The van der Waals surface area contributed by atoms with Gasteiger partial charge in [0.05, 0.1) is 17.7 Å². The Kier molecular flexibility index (Phi) is 7.46. The van der Waals surface area contributed by atoms with Crippen LogP contribution in [0.2, 0.25) is 0 Å². The van der Waals surface area contributed by atoms with Gasteiger partial charge in [-0.3, -0.25) is 9.59 Å². The van der Waals surface area contributed by atoms with E-state index in [1.807, 2.05) is 6.92 Å². The van der Waals surface area contributed by atoms with Gasteiger partial charge in [-0.1, -0.05) is 13.0 Å². The van der Waals surface area contributed by atoms with Gasteiger partial charge < -0.3 is 15.4 Å². The largest absolute Gasteiger partial charge is 0.416 e. The van der Waals surface area contributed by atoms with E-state index in [2.05, 4.69) is 10.6 Å². The number of carbonyl (C=O) groups is 2. The molecule has 0 spiro atoms. The zero-order chi connectivity index (χ0) is 20.0. The van der Waals surface area contributed by atoms with Crippen LogP contribution in [0.3, 0.4) is 0 Å². The number of rotatable bonds is 7. The van der Waals surface area contributed by atoms with Crippen LogP contribution in [0.25, 0.3) is 0 Å². The van der Waals surface area contributed by atoms with Crippen molar-refractivity contribution >= 4 is 23.6 Å². The van der Waals surface area contributed by atoms with Crippen LogP contribution in [0, 0.1) is 0 Å². The Hall–Kier alpha value is -1.84. The highest BCUT2D eigenvalue weighted by Gasteiger charge is 2.32. The first-order valence-electron chi connectivity index (χ1n) is 8.49. The predicted octanol–water partition coefficient (Wildman–Crippen LogP) is 2.18. The average Bonchev–Trinajstić information content (AvgIpc) is 3.05. The van der Waals surface area contributed by atoms with Crippen molar-refractivity contribution < 1.29 is 27.5 Å². The second kappa shape index (κ2) is 9.38. The van der Waals surface area contributed by atoms with Crippen molar-refractivity contribution in [1.29, 1.82) is 0 Å². The summed E-state index contributed by atoms with van der Waals surface area (Å²) in [7, 11) is 0. The van der Waals surface area contributed by atoms with Crippen molar-refractivity contribution in [2.45, 2.75) is 31.7 Å².